The SMILES string of the molecule is CCOC(=O)C1CCC2(CC1)OOC(C)(C)OO2. The average molecular weight is 260 g/mol. The van der Waals surface area contributed by atoms with Gasteiger partial charge in [0.05, 0.1) is 12.5 Å². The molecular formula is C12H20O6. The maximum atomic E-state index is 11.6. The van der Waals surface area contributed by atoms with Gasteiger partial charge in [-0.1, -0.05) is 0 Å². The summed E-state index contributed by atoms with van der Waals surface area (Å²) in [7, 11) is 0. The van der Waals surface area contributed by atoms with Gasteiger partial charge in [0.2, 0.25) is 11.6 Å². The Hall–Kier alpha value is -0.690. The summed E-state index contributed by atoms with van der Waals surface area (Å²) in [6.45, 7) is 5.61. The average Bonchev–Trinajstić information content (AvgIpc) is 2.35. The van der Waals surface area contributed by atoms with Crippen LogP contribution in [0.5, 0.6) is 0 Å². The van der Waals surface area contributed by atoms with Crippen LogP contribution in [0.15, 0.2) is 0 Å². The van der Waals surface area contributed by atoms with Crippen molar-refractivity contribution in [2.45, 2.75) is 58.0 Å². The van der Waals surface area contributed by atoms with Crippen molar-refractivity contribution in [3.8, 4) is 0 Å². The van der Waals surface area contributed by atoms with Crippen LogP contribution in [0, 0.1) is 5.92 Å². The van der Waals surface area contributed by atoms with Crippen LogP contribution in [-0.2, 0) is 29.1 Å². The minimum Gasteiger partial charge on any atom is -0.466 e. The lowest BCUT2D eigenvalue weighted by Crippen LogP contribution is -2.50. The lowest BCUT2D eigenvalue weighted by Gasteiger charge is -2.42. The standard InChI is InChI=1S/C12H20O6/c1-4-14-10(13)9-5-7-12(8-6-9)17-15-11(2,3)16-18-12/h9H,4-8H2,1-3H3. The first-order chi connectivity index (χ1) is 8.46. The molecule has 1 saturated carbocycles. The van der Waals surface area contributed by atoms with Gasteiger partial charge in [-0.2, -0.15) is 19.6 Å². The van der Waals surface area contributed by atoms with Gasteiger partial charge < -0.3 is 4.74 Å². The second kappa shape index (κ2) is 5.13. The van der Waals surface area contributed by atoms with E-state index in [4.69, 9.17) is 24.3 Å². The van der Waals surface area contributed by atoms with Gasteiger partial charge in [0.1, 0.15) is 0 Å². The molecule has 0 atom stereocenters. The van der Waals surface area contributed by atoms with Crippen molar-refractivity contribution in [2.75, 3.05) is 6.61 Å². The first kappa shape index (κ1) is 13.7. The van der Waals surface area contributed by atoms with Crippen LogP contribution in [0.1, 0.15) is 46.5 Å². The fourth-order valence-electron chi connectivity index (χ4n) is 2.10. The van der Waals surface area contributed by atoms with Gasteiger partial charge in [-0.25, -0.2) is 0 Å². The van der Waals surface area contributed by atoms with Crippen molar-refractivity contribution in [2.24, 2.45) is 5.92 Å². The smallest absolute Gasteiger partial charge is 0.308 e. The van der Waals surface area contributed by atoms with Crippen molar-refractivity contribution in [3.63, 3.8) is 0 Å². The third-order valence-electron chi connectivity index (χ3n) is 3.16. The summed E-state index contributed by atoms with van der Waals surface area (Å²) in [5, 5.41) is 0. The third kappa shape index (κ3) is 3.00. The molecule has 6 nitrogen and oxygen atoms in total. The Morgan fingerprint density at radius 3 is 2.22 bits per heavy atom. The molecule has 0 unspecified atom stereocenters. The van der Waals surface area contributed by atoms with Crippen LogP contribution in [0.3, 0.4) is 0 Å². The Labute approximate surface area is 106 Å². The highest BCUT2D eigenvalue weighted by Gasteiger charge is 2.47. The number of rotatable bonds is 2. The van der Waals surface area contributed by atoms with Crippen molar-refractivity contribution < 1.29 is 29.1 Å². The van der Waals surface area contributed by atoms with Gasteiger partial charge in [-0.15, -0.1) is 0 Å². The molecule has 1 saturated heterocycles. The summed E-state index contributed by atoms with van der Waals surface area (Å²) < 4.78 is 5.01. The molecule has 1 spiro atoms. The summed E-state index contributed by atoms with van der Waals surface area (Å²) in [5.41, 5.74) is 0. The Kier molecular flexibility index (Phi) is 3.91. The number of ether oxygens (including phenoxy) is 1. The van der Waals surface area contributed by atoms with Crippen LogP contribution >= 0.6 is 0 Å². The first-order valence-corrected chi connectivity index (χ1v) is 6.37. The number of carbonyl (C=O) groups excluding carboxylic acids is 1. The van der Waals surface area contributed by atoms with Gasteiger partial charge in [0.15, 0.2) is 0 Å². The second-order valence-electron chi connectivity index (χ2n) is 5.17. The van der Waals surface area contributed by atoms with Crippen LogP contribution in [0.2, 0.25) is 0 Å². The Bertz CT molecular complexity index is 294. The molecule has 1 heterocycles. The summed E-state index contributed by atoms with van der Waals surface area (Å²) in [4.78, 5) is 32.5. The van der Waals surface area contributed by atoms with Crippen LogP contribution < -0.4 is 0 Å². The minimum atomic E-state index is -0.900. The Morgan fingerprint density at radius 2 is 1.72 bits per heavy atom. The predicted molar refractivity (Wildman–Crippen MR) is 59.7 cm³/mol. The molecule has 1 aliphatic heterocycles. The van der Waals surface area contributed by atoms with Gasteiger partial charge in [-0.05, 0) is 33.6 Å². The molecule has 0 radical (unpaired) electrons. The lowest BCUT2D eigenvalue weighted by molar-refractivity contribution is -0.653. The first-order valence-electron chi connectivity index (χ1n) is 6.37. The molecule has 0 bridgehead atoms. The molecule has 18 heavy (non-hydrogen) atoms. The highest BCUT2D eigenvalue weighted by molar-refractivity contribution is 5.72. The van der Waals surface area contributed by atoms with Crippen molar-refractivity contribution >= 4 is 5.97 Å². The van der Waals surface area contributed by atoms with E-state index < -0.39 is 11.6 Å². The maximum Gasteiger partial charge on any atom is 0.308 e. The number of carbonyl (C=O) groups is 1. The normalized spacial score (nSPS) is 27.1. The molecule has 2 aliphatic rings. The Morgan fingerprint density at radius 1 is 1.17 bits per heavy atom. The summed E-state index contributed by atoms with van der Waals surface area (Å²) >= 11 is 0. The molecule has 0 aromatic carbocycles. The van der Waals surface area contributed by atoms with Crippen molar-refractivity contribution in [3.05, 3.63) is 0 Å². The van der Waals surface area contributed by atoms with E-state index in [0.717, 1.165) is 0 Å². The molecule has 6 heteroatoms. The van der Waals surface area contributed by atoms with E-state index >= 15 is 0 Å². The molecule has 2 fully saturated rings. The van der Waals surface area contributed by atoms with E-state index in [1.807, 2.05) is 0 Å². The van der Waals surface area contributed by atoms with Crippen molar-refractivity contribution in [1.82, 2.24) is 0 Å². The topological polar surface area (TPSA) is 63.2 Å². The molecule has 0 aromatic rings. The summed E-state index contributed by atoms with van der Waals surface area (Å²) in [5.74, 6) is -2.01. The molecule has 0 amide bonds. The summed E-state index contributed by atoms with van der Waals surface area (Å²) in [6.07, 6.45) is 2.39. The molecule has 0 N–H and O–H groups in total. The number of hydrogen-bond donors (Lipinski definition) is 0. The molecule has 2 rings (SSSR count). The zero-order valence-corrected chi connectivity index (χ0v) is 11.1. The van der Waals surface area contributed by atoms with Crippen LogP contribution in [0.25, 0.3) is 0 Å². The lowest BCUT2D eigenvalue weighted by atomic mass is 9.85. The monoisotopic (exact) mass is 260 g/mol. The van der Waals surface area contributed by atoms with Gasteiger partial charge >= 0.3 is 5.97 Å². The van der Waals surface area contributed by atoms with Gasteiger partial charge in [0.25, 0.3) is 0 Å². The summed E-state index contributed by atoms with van der Waals surface area (Å²) in [6, 6.07) is 0. The van der Waals surface area contributed by atoms with E-state index in [1.165, 1.54) is 0 Å². The highest BCUT2D eigenvalue weighted by Crippen LogP contribution is 2.40. The van der Waals surface area contributed by atoms with E-state index in [2.05, 4.69) is 0 Å². The highest BCUT2D eigenvalue weighted by atomic mass is 17.4. The quantitative estimate of drug-likeness (QED) is 0.559. The van der Waals surface area contributed by atoms with Crippen LogP contribution in [0.4, 0.5) is 0 Å². The van der Waals surface area contributed by atoms with E-state index in [-0.39, 0.29) is 11.9 Å². The maximum absolute atomic E-state index is 11.6. The van der Waals surface area contributed by atoms with Gasteiger partial charge in [0, 0.05) is 12.8 Å². The number of esters is 1. The van der Waals surface area contributed by atoms with Crippen molar-refractivity contribution in [1.29, 1.82) is 0 Å². The minimum absolute atomic E-state index is 0.0855. The number of hydrogen-bond acceptors (Lipinski definition) is 6. The zero-order valence-electron chi connectivity index (χ0n) is 11.1. The molecule has 104 valence electrons. The Balaban J connectivity index is 1.85. The third-order valence-corrected chi connectivity index (χ3v) is 3.16. The molecule has 0 aromatic heterocycles. The van der Waals surface area contributed by atoms with E-state index in [1.54, 1.807) is 20.8 Å². The van der Waals surface area contributed by atoms with E-state index in [0.29, 0.717) is 32.3 Å². The molecule has 1 aliphatic carbocycles. The van der Waals surface area contributed by atoms with E-state index in [9.17, 15) is 4.79 Å². The zero-order chi connectivity index (χ0) is 13.2. The second-order valence-corrected chi connectivity index (χ2v) is 5.17. The fourth-order valence-corrected chi connectivity index (χ4v) is 2.10. The fraction of sp³-hybridized carbons (Fsp3) is 0.917. The van der Waals surface area contributed by atoms with Crippen LogP contribution in [-0.4, -0.2) is 24.2 Å². The largest absolute Gasteiger partial charge is 0.466 e. The van der Waals surface area contributed by atoms with Gasteiger partial charge in [-0.3, -0.25) is 4.79 Å². The molecular weight excluding hydrogens is 240 g/mol. The predicted octanol–water partition coefficient (Wildman–Crippen LogP) is 2.08.